The van der Waals surface area contributed by atoms with Gasteiger partial charge in [-0.2, -0.15) is 0 Å². The summed E-state index contributed by atoms with van der Waals surface area (Å²) in [7, 11) is 0. The first-order valence-electron chi connectivity index (χ1n) is 9.98. The summed E-state index contributed by atoms with van der Waals surface area (Å²) >= 11 is 3.85. The number of ketones is 2. The zero-order valence-corrected chi connectivity index (χ0v) is 17.9. The molecule has 0 unspecified atom stereocenters. The highest BCUT2D eigenvalue weighted by molar-refractivity contribution is 8.17. The Labute approximate surface area is 169 Å². The van der Waals surface area contributed by atoms with Gasteiger partial charge in [-0.25, -0.2) is 0 Å². The second-order valence-electron chi connectivity index (χ2n) is 8.68. The van der Waals surface area contributed by atoms with Gasteiger partial charge in [-0.1, -0.05) is 13.3 Å². The first-order chi connectivity index (χ1) is 12.8. The highest BCUT2D eigenvalue weighted by Crippen LogP contribution is 2.67. The predicted octanol–water partition coefficient (Wildman–Crippen LogP) is 4.03. The molecule has 0 spiro atoms. The van der Waals surface area contributed by atoms with Crippen molar-refractivity contribution in [2.45, 2.75) is 63.6 Å². The lowest BCUT2D eigenvalue weighted by atomic mass is 9.48. The molecule has 4 rings (SSSR count). The Morgan fingerprint density at radius 1 is 1.22 bits per heavy atom. The van der Waals surface area contributed by atoms with Crippen molar-refractivity contribution < 1.29 is 19.1 Å². The normalized spacial score (nSPS) is 42.3. The Bertz CT molecular complexity index is 711. The highest BCUT2D eigenvalue weighted by Gasteiger charge is 2.69. The molecule has 3 fully saturated rings. The maximum absolute atomic E-state index is 13.6. The first-order valence-corrected chi connectivity index (χ1v) is 12.1. The van der Waals surface area contributed by atoms with Gasteiger partial charge in [-0.15, -0.1) is 23.5 Å². The summed E-state index contributed by atoms with van der Waals surface area (Å²) in [5.74, 6) is 2.12. The molecular weight excluding hydrogens is 380 g/mol. The fourth-order valence-corrected chi connectivity index (χ4v) is 9.83. The van der Waals surface area contributed by atoms with Crippen molar-refractivity contribution in [3.05, 3.63) is 11.6 Å². The molecule has 1 heterocycles. The minimum absolute atomic E-state index is 0.0496. The summed E-state index contributed by atoms with van der Waals surface area (Å²) in [5.41, 5.74) is -0.337. The van der Waals surface area contributed by atoms with Crippen LogP contribution in [0.15, 0.2) is 11.6 Å². The molecule has 0 aromatic carbocycles. The average molecular weight is 409 g/mol. The van der Waals surface area contributed by atoms with Crippen molar-refractivity contribution in [2.75, 3.05) is 11.5 Å². The van der Waals surface area contributed by atoms with E-state index < -0.39 is 16.9 Å². The molecule has 4 aliphatic rings. The molecule has 1 saturated heterocycles. The number of allylic oxidation sites excluding steroid dienone is 1. The fraction of sp³-hybridized carbons (Fsp3) is 0.762. The molecule has 2 saturated carbocycles. The zero-order valence-electron chi connectivity index (χ0n) is 16.3. The Kier molecular flexibility index (Phi) is 5.03. The molecule has 4 nitrogen and oxygen atoms in total. The smallest absolute Gasteiger partial charge is 0.303 e. The third-order valence-corrected chi connectivity index (χ3v) is 10.6. The molecule has 0 aromatic rings. The summed E-state index contributed by atoms with van der Waals surface area (Å²) in [6, 6.07) is 0. The van der Waals surface area contributed by atoms with Crippen LogP contribution in [-0.2, 0) is 19.1 Å². The van der Waals surface area contributed by atoms with E-state index in [9.17, 15) is 14.4 Å². The van der Waals surface area contributed by atoms with E-state index in [4.69, 9.17) is 4.74 Å². The molecule has 1 aliphatic heterocycles. The van der Waals surface area contributed by atoms with Gasteiger partial charge >= 0.3 is 5.97 Å². The second-order valence-corrected chi connectivity index (χ2v) is 11.4. The van der Waals surface area contributed by atoms with Gasteiger partial charge in [0.2, 0.25) is 0 Å². The highest BCUT2D eigenvalue weighted by atomic mass is 32.2. The molecule has 0 N–H and O–H groups in total. The number of rotatable bonds is 2. The predicted molar refractivity (Wildman–Crippen MR) is 109 cm³/mol. The molecule has 3 aliphatic carbocycles. The largest absolute Gasteiger partial charge is 0.458 e. The van der Waals surface area contributed by atoms with E-state index in [2.05, 4.69) is 6.92 Å². The van der Waals surface area contributed by atoms with E-state index in [1.807, 2.05) is 30.4 Å². The second kappa shape index (κ2) is 6.94. The molecule has 0 radical (unpaired) electrons. The van der Waals surface area contributed by atoms with Gasteiger partial charge in [0.05, 0.1) is 10.00 Å². The lowest BCUT2D eigenvalue weighted by Crippen LogP contribution is -2.62. The Morgan fingerprint density at radius 3 is 2.59 bits per heavy atom. The van der Waals surface area contributed by atoms with Gasteiger partial charge in [-0.3, -0.25) is 14.4 Å². The van der Waals surface area contributed by atoms with Gasteiger partial charge in [0.1, 0.15) is 11.9 Å². The van der Waals surface area contributed by atoms with Crippen LogP contribution in [0, 0.1) is 22.7 Å². The zero-order chi connectivity index (χ0) is 19.4. The number of Topliss-reactive ketones (excluding diaryl/α,β-unsaturated/α-hetero) is 2. The third kappa shape index (κ3) is 2.77. The van der Waals surface area contributed by atoms with Gasteiger partial charge in [0.15, 0.2) is 5.78 Å². The average Bonchev–Trinajstić information content (AvgIpc) is 3.10. The molecule has 5 atom stereocenters. The maximum atomic E-state index is 13.6. The lowest BCUT2D eigenvalue weighted by molar-refractivity contribution is -0.168. The van der Waals surface area contributed by atoms with Crippen LogP contribution in [0.5, 0.6) is 0 Å². The summed E-state index contributed by atoms with van der Waals surface area (Å²) in [5, 5.41) is 0. The maximum Gasteiger partial charge on any atom is 0.303 e. The Hall–Kier alpha value is -0.750. The number of carbonyl (C=O) groups is 3. The van der Waals surface area contributed by atoms with Gasteiger partial charge in [0.25, 0.3) is 0 Å². The number of carbonyl (C=O) groups excluding carboxylic acids is 3. The van der Waals surface area contributed by atoms with Crippen molar-refractivity contribution in [1.82, 2.24) is 0 Å². The molecule has 0 bridgehead atoms. The standard InChI is InChI=1S/C21H28O4S2/c1-12-10-15(25-13(2)22)14-11-17(23)21(19-26-8-5-9-27-19)7-4-6-16(21)20(14,3)18(12)24/h10,14-16,19H,4-9,11H2,1-3H3/t14-,15-,16+,20+,21-/m1/s1. The number of ether oxygens (including phenoxy) is 1. The van der Waals surface area contributed by atoms with Crippen molar-refractivity contribution in [1.29, 1.82) is 0 Å². The van der Waals surface area contributed by atoms with Crippen LogP contribution >= 0.6 is 23.5 Å². The van der Waals surface area contributed by atoms with Crippen molar-refractivity contribution in [3.8, 4) is 0 Å². The van der Waals surface area contributed by atoms with Crippen molar-refractivity contribution in [2.24, 2.45) is 22.7 Å². The summed E-state index contributed by atoms with van der Waals surface area (Å²) in [6.07, 6.45) is 5.66. The monoisotopic (exact) mass is 408 g/mol. The quantitative estimate of drug-likeness (QED) is 0.643. The Balaban J connectivity index is 1.79. The first kappa shape index (κ1) is 19.6. The summed E-state index contributed by atoms with van der Waals surface area (Å²) in [6.45, 7) is 5.29. The van der Waals surface area contributed by atoms with Crippen molar-refractivity contribution >= 4 is 41.1 Å². The van der Waals surface area contributed by atoms with Crippen LogP contribution in [0.25, 0.3) is 0 Å². The minimum Gasteiger partial charge on any atom is -0.458 e. The third-order valence-electron chi connectivity index (χ3n) is 7.33. The number of hydrogen-bond donors (Lipinski definition) is 0. The molecule has 0 aromatic heterocycles. The van der Waals surface area contributed by atoms with Crippen LogP contribution in [0.3, 0.4) is 0 Å². The summed E-state index contributed by atoms with van der Waals surface area (Å²) in [4.78, 5) is 38.7. The fourth-order valence-electron chi connectivity index (χ4n) is 6.21. The minimum atomic E-state index is -0.623. The molecule has 27 heavy (non-hydrogen) atoms. The van der Waals surface area contributed by atoms with Crippen molar-refractivity contribution in [3.63, 3.8) is 0 Å². The molecule has 0 amide bonds. The van der Waals surface area contributed by atoms with Gasteiger partial charge in [-0.05, 0) is 55.3 Å². The molecule has 6 heteroatoms. The van der Waals surface area contributed by atoms with E-state index in [0.717, 1.165) is 30.8 Å². The number of thioether (sulfide) groups is 2. The Morgan fingerprint density at radius 2 is 1.93 bits per heavy atom. The van der Waals surface area contributed by atoms with E-state index in [1.165, 1.54) is 13.3 Å². The summed E-state index contributed by atoms with van der Waals surface area (Å²) < 4.78 is 5.85. The van der Waals surface area contributed by atoms with E-state index in [-0.39, 0.29) is 28.2 Å². The van der Waals surface area contributed by atoms with Crippen LogP contribution in [0.4, 0.5) is 0 Å². The van der Waals surface area contributed by atoms with Crippen LogP contribution < -0.4 is 0 Å². The number of esters is 1. The van der Waals surface area contributed by atoms with E-state index in [0.29, 0.717) is 17.8 Å². The number of fused-ring (bicyclic) bond motifs is 3. The lowest BCUT2D eigenvalue weighted by Gasteiger charge is -2.57. The van der Waals surface area contributed by atoms with E-state index in [1.54, 1.807) is 6.08 Å². The van der Waals surface area contributed by atoms with E-state index >= 15 is 0 Å². The molecular formula is C21H28O4S2. The topological polar surface area (TPSA) is 60.4 Å². The van der Waals surface area contributed by atoms with Crippen LogP contribution in [0.2, 0.25) is 0 Å². The SMILES string of the molecule is CC(=O)O[C@@H]1C=C(C)C(=O)[C@@]2(C)[C@@H]1CC(=O)[C@@]1(C3SCCCS3)CCC[C@@H]21. The van der Waals surface area contributed by atoms with Crippen LogP contribution in [0.1, 0.15) is 52.9 Å². The van der Waals surface area contributed by atoms with Gasteiger partial charge in [0, 0.05) is 24.7 Å². The van der Waals surface area contributed by atoms with Gasteiger partial charge < -0.3 is 4.74 Å². The number of hydrogen-bond acceptors (Lipinski definition) is 6. The van der Waals surface area contributed by atoms with Crippen LogP contribution in [-0.4, -0.2) is 39.7 Å². The molecule has 148 valence electrons.